The van der Waals surface area contributed by atoms with Crippen LogP contribution >= 0.6 is 0 Å². The first-order chi connectivity index (χ1) is 11.5. The van der Waals surface area contributed by atoms with Crippen LogP contribution < -0.4 is 10.0 Å². The molecule has 4 nitrogen and oxygen atoms in total. The van der Waals surface area contributed by atoms with E-state index in [1.165, 1.54) is 5.56 Å². The Morgan fingerprint density at radius 2 is 1.62 bits per heavy atom. The average molecular weight is 344 g/mol. The van der Waals surface area contributed by atoms with Gasteiger partial charge in [0, 0.05) is 17.8 Å². The number of hydrogen-bond donors (Lipinski definition) is 2. The molecule has 0 aliphatic heterocycles. The quantitative estimate of drug-likeness (QED) is 0.869. The lowest BCUT2D eigenvalue weighted by Crippen LogP contribution is -2.48. The number of nitrogens with one attached hydrogen (secondary N) is 2. The van der Waals surface area contributed by atoms with Gasteiger partial charge in [-0.15, -0.1) is 0 Å². The van der Waals surface area contributed by atoms with E-state index in [0.29, 0.717) is 4.90 Å². The van der Waals surface area contributed by atoms with Gasteiger partial charge in [0.05, 0.1) is 4.90 Å². The van der Waals surface area contributed by atoms with Crippen molar-refractivity contribution in [2.24, 2.45) is 0 Å². The highest BCUT2D eigenvalue weighted by Crippen LogP contribution is 2.24. The molecule has 0 radical (unpaired) electrons. The minimum Gasteiger partial charge on any atom is -0.381 e. The molecule has 0 heterocycles. The fraction of sp³-hybridized carbons (Fsp3) is 0.368. The molecule has 3 rings (SSSR count). The van der Waals surface area contributed by atoms with Crippen molar-refractivity contribution in [2.45, 2.75) is 49.6 Å². The molecule has 0 amide bonds. The van der Waals surface area contributed by atoms with E-state index >= 15 is 0 Å². The molecule has 24 heavy (non-hydrogen) atoms. The van der Waals surface area contributed by atoms with Crippen LogP contribution in [0.15, 0.2) is 59.5 Å². The maximum atomic E-state index is 12.6. The molecule has 1 aliphatic rings. The molecule has 0 unspecified atom stereocenters. The van der Waals surface area contributed by atoms with Crippen molar-refractivity contribution in [3.63, 3.8) is 0 Å². The fourth-order valence-electron chi connectivity index (χ4n) is 3.26. The highest BCUT2D eigenvalue weighted by Gasteiger charge is 2.29. The van der Waals surface area contributed by atoms with E-state index in [4.69, 9.17) is 0 Å². The highest BCUT2D eigenvalue weighted by atomic mass is 32.2. The van der Waals surface area contributed by atoms with Gasteiger partial charge in [-0.05, 0) is 49.6 Å². The monoisotopic (exact) mass is 344 g/mol. The fourth-order valence-corrected chi connectivity index (χ4v) is 4.59. The summed E-state index contributed by atoms with van der Waals surface area (Å²) in [7, 11) is -3.48. The number of sulfonamides is 1. The van der Waals surface area contributed by atoms with E-state index in [1.807, 2.05) is 18.2 Å². The predicted molar refractivity (Wildman–Crippen MR) is 97.6 cm³/mol. The third-order valence-electron chi connectivity index (χ3n) is 4.50. The van der Waals surface area contributed by atoms with Crippen molar-refractivity contribution in [3.8, 4) is 0 Å². The first-order valence-electron chi connectivity index (χ1n) is 8.45. The second-order valence-corrected chi connectivity index (χ2v) is 8.16. The topological polar surface area (TPSA) is 58.2 Å². The Hall–Kier alpha value is -1.85. The Bertz CT molecular complexity index is 775. The Morgan fingerprint density at radius 3 is 2.33 bits per heavy atom. The van der Waals surface area contributed by atoms with E-state index in [-0.39, 0.29) is 12.1 Å². The molecule has 0 aromatic heterocycles. The SMILES string of the molecule is Cc1cccc(N[C@H]2CCCC[C@@H]2NS(=O)(=O)c2ccccc2)c1. The molecule has 128 valence electrons. The largest absolute Gasteiger partial charge is 0.381 e. The van der Waals surface area contributed by atoms with Crippen molar-refractivity contribution in [2.75, 3.05) is 5.32 Å². The lowest BCUT2D eigenvalue weighted by molar-refractivity contribution is 0.378. The molecule has 0 bridgehead atoms. The van der Waals surface area contributed by atoms with Crippen molar-refractivity contribution in [1.82, 2.24) is 4.72 Å². The van der Waals surface area contributed by atoms with Gasteiger partial charge in [0.15, 0.2) is 0 Å². The zero-order chi connectivity index (χ0) is 17.0. The number of anilines is 1. The first-order valence-corrected chi connectivity index (χ1v) is 9.93. The summed E-state index contributed by atoms with van der Waals surface area (Å²) in [6.07, 6.45) is 3.99. The standard InChI is InChI=1S/C19H24N2O2S/c1-15-8-7-9-16(14-15)20-18-12-5-6-13-19(18)21-24(22,23)17-10-3-2-4-11-17/h2-4,7-11,14,18-21H,5-6,12-13H2,1H3/t18-,19-/m0/s1. The van der Waals surface area contributed by atoms with Crippen molar-refractivity contribution >= 4 is 15.7 Å². The van der Waals surface area contributed by atoms with Gasteiger partial charge in [-0.2, -0.15) is 0 Å². The van der Waals surface area contributed by atoms with Crippen LogP contribution in [0, 0.1) is 6.92 Å². The molecule has 1 saturated carbocycles. The van der Waals surface area contributed by atoms with Gasteiger partial charge in [0.1, 0.15) is 0 Å². The minimum atomic E-state index is -3.48. The zero-order valence-corrected chi connectivity index (χ0v) is 14.7. The molecule has 2 aromatic carbocycles. The number of hydrogen-bond acceptors (Lipinski definition) is 3. The summed E-state index contributed by atoms with van der Waals surface area (Å²) >= 11 is 0. The van der Waals surface area contributed by atoms with Gasteiger partial charge in [0.25, 0.3) is 0 Å². The van der Waals surface area contributed by atoms with Crippen LogP contribution in [0.25, 0.3) is 0 Å². The summed E-state index contributed by atoms with van der Waals surface area (Å²) < 4.78 is 28.1. The smallest absolute Gasteiger partial charge is 0.240 e. The van der Waals surface area contributed by atoms with Crippen molar-refractivity contribution in [3.05, 3.63) is 60.2 Å². The summed E-state index contributed by atoms with van der Waals surface area (Å²) in [5.41, 5.74) is 2.24. The molecular weight excluding hydrogens is 320 g/mol. The van der Waals surface area contributed by atoms with Crippen LogP contribution in [-0.4, -0.2) is 20.5 Å². The van der Waals surface area contributed by atoms with E-state index in [1.54, 1.807) is 24.3 Å². The van der Waals surface area contributed by atoms with Gasteiger partial charge in [-0.25, -0.2) is 13.1 Å². The summed E-state index contributed by atoms with van der Waals surface area (Å²) in [6.45, 7) is 2.06. The normalized spacial score (nSPS) is 21.4. The molecule has 5 heteroatoms. The number of aryl methyl sites for hydroxylation is 1. The molecule has 0 saturated heterocycles. The molecular formula is C19H24N2O2S. The second-order valence-electron chi connectivity index (χ2n) is 6.45. The van der Waals surface area contributed by atoms with Crippen LogP contribution in [0.3, 0.4) is 0 Å². The van der Waals surface area contributed by atoms with Crippen LogP contribution in [0.4, 0.5) is 5.69 Å². The average Bonchev–Trinajstić information content (AvgIpc) is 2.57. The van der Waals surface area contributed by atoms with Gasteiger partial charge < -0.3 is 5.32 Å². The van der Waals surface area contributed by atoms with Crippen molar-refractivity contribution in [1.29, 1.82) is 0 Å². The van der Waals surface area contributed by atoms with Gasteiger partial charge >= 0.3 is 0 Å². The maximum Gasteiger partial charge on any atom is 0.240 e. The van der Waals surface area contributed by atoms with Gasteiger partial charge in [-0.1, -0.05) is 43.2 Å². The Morgan fingerprint density at radius 1 is 0.917 bits per heavy atom. The lowest BCUT2D eigenvalue weighted by atomic mass is 9.91. The third-order valence-corrected chi connectivity index (χ3v) is 6.00. The van der Waals surface area contributed by atoms with Crippen LogP contribution in [0.5, 0.6) is 0 Å². The lowest BCUT2D eigenvalue weighted by Gasteiger charge is -2.33. The molecule has 2 atom stereocenters. The summed E-state index contributed by atoms with van der Waals surface area (Å²) in [4.78, 5) is 0.324. The summed E-state index contributed by atoms with van der Waals surface area (Å²) in [6, 6.07) is 16.8. The van der Waals surface area contributed by atoms with E-state index in [0.717, 1.165) is 31.4 Å². The van der Waals surface area contributed by atoms with E-state index < -0.39 is 10.0 Å². The van der Waals surface area contributed by atoms with E-state index in [2.05, 4.69) is 29.1 Å². The molecule has 2 N–H and O–H groups in total. The summed E-state index contributed by atoms with van der Waals surface area (Å²) in [5.74, 6) is 0. The van der Waals surface area contributed by atoms with Crippen LogP contribution in [0.1, 0.15) is 31.2 Å². The number of rotatable bonds is 5. The van der Waals surface area contributed by atoms with Crippen LogP contribution in [-0.2, 0) is 10.0 Å². The van der Waals surface area contributed by atoms with Crippen LogP contribution in [0.2, 0.25) is 0 Å². The van der Waals surface area contributed by atoms with E-state index in [9.17, 15) is 8.42 Å². The Balaban J connectivity index is 1.75. The molecule has 0 spiro atoms. The zero-order valence-electron chi connectivity index (χ0n) is 13.9. The third kappa shape index (κ3) is 4.16. The highest BCUT2D eigenvalue weighted by molar-refractivity contribution is 7.89. The Kier molecular flexibility index (Phi) is 5.21. The molecule has 2 aromatic rings. The predicted octanol–water partition coefficient (Wildman–Crippen LogP) is 3.70. The summed E-state index contributed by atoms with van der Waals surface area (Å²) in [5, 5.41) is 3.52. The Labute approximate surface area is 144 Å². The van der Waals surface area contributed by atoms with Gasteiger partial charge in [0.2, 0.25) is 10.0 Å². The second kappa shape index (κ2) is 7.36. The molecule has 1 aliphatic carbocycles. The van der Waals surface area contributed by atoms with Crippen molar-refractivity contribution < 1.29 is 8.42 Å². The molecule has 1 fully saturated rings. The maximum absolute atomic E-state index is 12.6. The van der Waals surface area contributed by atoms with Gasteiger partial charge in [-0.3, -0.25) is 0 Å². The first kappa shape index (κ1) is 17.0. The number of benzene rings is 2. The minimum absolute atomic E-state index is 0.0931.